The molecule has 6 heterocycles. The zero-order valence-corrected chi connectivity index (χ0v) is 28.0. The van der Waals surface area contributed by atoms with E-state index < -0.39 is 0 Å². The monoisotopic (exact) mass is 731 g/mol. The second kappa shape index (κ2) is 19.6. The van der Waals surface area contributed by atoms with Gasteiger partial charge in [-0.25, -0.2) is 0 Å². The van der Waals surface area contributed by atoms with Crippen LogP contribution in [0.15, 0.2) is 170 Å². The van der Waals surface area contributed by atoms with Gasteiger partial charge in [0, 0.05) is 43.7 Å². The molecule has 0 aliphatic rings. The number of hydrogen-bond acceptors (Lipinski definition) is 9. The van der Waals surface area contributed by atoms with Gasteiger partial charge in [-0.3, -0.25) is 29.9 Å². The van der Waals surface area contributed by atoms with Crippen molar-refractivity contribution in [2.24, 2.45) is 4.99 Å². The van der Waals surface area contributed by atoms with Crippen molar-refractivity contribution in [1.29, 1.82) is 0 Å². The molecule has 0 spiro atoms. The molecule has 10 heteroatoms. The maximum atomic E-state index is 12.2. The van der Waals surface area contributed by atoms with Crippen LogP contribution in [0.2, 0.25) is 0 Å². The predicted octanol–water partition coefficient (Wildman–Crippen LogP) is 5.85. The van der Waals surface area contributed by atoms with Crippen LogP contribution in [-0.2, 0) is 25.9 Å². The van der Waals surface area contributed by atoms with Gasteiger partial charge in [-0.2, -0.15) is 0 Å². The van der Waals surface area contributed by atoms with Crippen LogP contribution < -0.4 is 10.2 Å². The molecule has 0 aliphatic heterocycles. The Morgan fingerprint density at radius 2 is 0.857 bits per heavy atom. The average Bonchev–Trinajstić information content (AvgIpc) is 3.18. The van der Waals surface area contributed by atoms with Gasteiger partial charge in [0.1, 0.15) is 0 Å². The second-order valence-corrected chi connectivity index (χ2v) is 10.1. The summed E-state index contributed by atoms with van der Waals surface area (Å²) in [6, 6.07) is 38.6. The Bertz CT molecular complexity index is 1820. The van der Waals surface area contributed by atoms with E-state index in [-0.39, 0.29) is 31.1 Å². The van der Waals surface area contributed by atoms with Crippen molar-refractivity contribution in [3.63, 3.8) is 0 Å². The number of aliphatic imine (C=N–C) groups is 1. The van der Waals surface area contributed by atoms with Crippen molar-refractivity contribution in [3.05, 3.63) is 176 Å². The quantitative estimate of drug-likeness (QED) is 0.113. The summed E-state index contributed by atoms with van der Waals surface area (Å²) in [7, 11) is 0. The molecule has 1 aromatic carbocycles. The Morgan fingerprint density at radius 3 is 1.24 bits per heavy atom. The molecular weight excluding hydrogens is 700 g/mol. The molecule has 0 bridgehead atoms. The van der Waals surface area contributed by atoms with Gasteiger partial charge >= 0.3 is 19.5 Å². The number of benzene rings is 1. The zero-order chi connectivity index (χ0) is 33.2. The molecule has 0 saturated heterocycles. The first-order valence-corrected chi connectivity index (χ1v) is 15.2. The SMILES string of the molecule is [O-]C(=NCCc1ccc([O-])cc1)c1ccnc(-c2ccccn2)c1.[Ru+2].c1ccc(-c2ccccn2)nc1.c1ccc(-c2ccccn2)nc1. The average molecular weight is 731 g/mol. The summed E-state index contributed by atoms with van der Waals surface area (Å²) in [6.07, 6.45) is 11.0. The molecule has 0 atom stereocenters. The van der Waals surface area contributed by atoms with Crippen molar-refractivity contribution >= 4 is 5.90 Å². The molecule has 0 radical (unpaired) electrons. The molecule has 0 aliphatic carbocycles. The fourth-order valence-electron chi connectivity index (χ4n) is 4.31. The second-order valence-electron chi connectivity index (χ2n) is 10.1. The maximum Gasteiger partial charge on any atom is 2.00 e. The minimum atomic E-state index is -0.282. The number of hydrogen-bond donors (Lipinski definition) is 0. The third-order valence-corrected chi connectivity index (χ3v) is 6.70. The molecule has 0 N–H and O–H groups in total. The third kappa shape index (κ3) is 11.6. The van der Waals surface area contributed by atoms with Gasteiger partial charge in [0.05, 0.1) is 34.2 Å². The minimum absolute atomic E-state index is 0. The van der Waals surface area contributed by atoms with E-state index in [4.69, 9.17) is 0 Å². The van der Waals surface area contributed by atoms with E-state index in [1.54, 1.807) is 61.4 Å². The number of nitrogens with zero attached hydrogens (tertiary/aromatic N) is 7. The summed E-state index contributed by atoms with van der Waals surface area (Å²) in [5.74, 6) is -0.305. The van der Waals surface area contributed by atoms with Crippen LogP contribution in [0.3, 0.4) is 0 Å². The van der Waals surface area contributed by atoms with Crippen LogP contribution in [0.5, 0.6) is 5.75 Å². The topological polar surface area (TPSA) is 136 Å². The van der Waals surface area contributed by atoms with Gasteiger partial charge in [-0.05, 0) is 96.2 Å². The summed E-state index contributed by atoms with van der Waals surface area (Å²) in [4.78, 5) is 29.3. The van der Waals surface area contributed by atoms with Crippen LogP contribution in [0.4, 0.5) is 0 Å². The fraction of sp³-hybridized carbons (Fsp3) is 0.0513. The van der Waals surface area contributed by atoms with Crippen molar-refractivity contribution in [2.45, 2.75) is 6.42 Å². The molecule has 242 valence electrons. The maximum absolute atomic E-state index is 12.2. The Morgan fingerprint density at radius 1 is 0.469 bits per heavy atom. The van der Waals surface area contributed by atoms with Gasteiger partial charge in [0.2, 0.25) is 0 Å². The summed E-state index contributed by atoms with van der Waals surface area (Å²) in [5, 5.41) is 23.3. The molecule has 7 aromatic rings. The van der Waals surface area contributed by atoms with Gasteiger partial charge in [-0.15, -0.1) is 5.75 Å². The normalized spacial score (nSPS) is 10.3. The van der Waals surface area contributed by atoms with Crippen molar-refractivity contribution in [1.82, 2.24) is 29.9 Å². The Hall–Kier alpha value is -5.99. The molecule has 0 amide bonds. The van der Waals surface area contributed by atoms with Crippen LogP contribution in [0.25, 0.3) is 34.2 Å². The third-order valence-electron chi connectivity index (χ3n) is 6.70. The van der Waals surface area contributed by atoms with Gasteiger partial charge in [0.25, 0.3) is 0 Å². The van der Waals surface area contributed by atoms with E-state index in [9.17, 15) is 10.2 Å². The zero-order valence-electron chi connectivity index (χ0n) is 26.3. The van der Waals surface area contributed by atoms with Crippen LogP contribution in [-0.4, -0.2) is 42.3 Å². The van der Waals surface area contributed by atoms with E-state index in [0.717, 1.165) is 28.3 Å². The Balaban J connectivity index is 0.000000181. The molecular formula is C39H31N7O2Ru. The molecule has 0 fully saturated rings. The Kier molecular flexibility index (Phi) is 14.4. The molecule has 0 unspecified atom stereocenters. The first-order valence-electron chi connectivity index (χ1n) is 15.2. The predicted molar refractivity (Wildman–Crippen MR) is 183 cm³/mol. The molecule has 6 aromatic heterocycles. The first-order chi connectivity index (χ1) is 23.7. The summed E-state index contributed by atoms with van der Waals surface area (Å²) in [5.41, 5.74) is 6.48. The molecule has 9 nitrogen and oxygen atoms in total. The molecule has 0 saturated carbocycles. The minimum Gasteiger partial charge on any atom is -0.872 e. The van der Waals surface area contributed by atoms with Gasteiger partial charge in [-0.1, -0.05) is 54.6 Å². The number of aromatic nitrogens is 6. The van der Waals surface area contributed by atoms with Crippen molar-refractivity contribution in [2.75, 3.05) is 6.54 Å². The summed E-state index contributed by atoms with van der Waals surface area (Å²) in [6.45, 7) is 0.373. The van der Waals surface area contributed by atoms with Crippen molar-refractivity contribution in [3.8, 4) is 39.9 Å². The Labute approximate surface area is 298 Å². The fourth-order valence-corrected chi connectivity index (χ4v) is 4.31. The first kappa shape index (κ1) is 35.9. The van der Waals surface area contributed by atoms with Crippen LogP contribution in [0, 0.1) is 0 Å². The van der Waals surface area contributed by atoms with Gasteiger partial charge < -0.3 is 15.2 Å². The summed E-state index contributed by atoms with van der Waals surface area (Å²) >= 11 is 0. The smallest absolute Gasteiger partial charge is 0.872 e. The number of pyridine rings is 6. The van der Waals surface area contributed by atoms with Crippen LogP contribution in [0.1, 0.15) is 11.1 Å². The number of rotatable bonds is 7. The van der Waals surface area contributed by atoms with E-state index >= 15 is 0 Å². The summed E-state index contributed by atoms with van der Waals surface area (Å²) < 4.78 is 0. The standard InChI is InChI=1S/C19H17N3O2.2C10H8N2.Ru/c23-16-6-4-14(5-7-16)8-11-22-19(24)15-9-12-21-18(13-15)17-3-1-2-10-20-17;2*1-3-7-11-9(5-1)10-6-2-4-8-12-10;/h1-7,9-10,12-13,23H,8,11H2,(H,22,24);2*1-8H;/q;;;+2/p-2. The molecule has 7 rings (SSSR count). The van der Waals surface area contributed by atoms with Crippen LogP contribution >= 0.6 is 0 Å². The van der Waals surface area contributed by atoms with E-state index in [0.29, 0.717) is 29.9 Å². The molecule has 49 heavy (non-hydrogen) atoms. The van der Waals surface area contributed by atoms with E-state index in [2.05, 4.69) is 34.9 Å². The van der Waals surface area contributed by atoms with E-state index in [1.807, 2.05) is 91.0 Å². The van der Waals surface area contributed by atoms with Gasteiger partial charge in [0.15, 0.2) is 0 Å². The van der Waals surface area contributed by atoms with E-state index in [1.165, 1.54) is 12.1 Å². The largest absolute Gasteiger partial charge is 2.00 e. The van der Waals surface area contributed by atoms with Crippen molar-refractivity contribution < 1.29 is 29.7 Å².